The minimum Gasteiger partial charge on any atom is -0.493 e. The molecule has 8 heteroatoms. The van der Waals surface area contributed by atoms with E-state index in [4.69, 9.17) is 21.1 Å². The molecule has 38 heavy (non-hydrogen) atoms. The van der Waals surface area contributed by atoms with Crippen molar-refractivity contribution < 1.29 is 14.3 Å². The summed E-state index contributed by atoms with van der Waals surface area (Å²) in [6.45, 7) is 11.0. The van der Waals surface area contributed by atoms with E-state index in [1.165, 1.54) is 11.1 Å². The van der Waals surface area contributed by atoms with E-state index < -0.39 is 0 Å². The van der Waals surface area contributed by atoms with E-state index in [-0.39, 0.29) is 5.91 Å². The number of aryl methyl sites for hydroxylation is 1. The quantitative estimate of drug-likeness (QED) is 0.399. The van der Waals surface area contributed by atoms with Crippen molar-refractivity contribution in [2.45, 2.75) is 59.2 Å². The van der Waals surface area contributed by atoms with Crippen molar-refractivity contribution in [3.05, 3.63) is 75.4 Å². The van der Waals surface area contributed by atoms with Crippen LogP contribution in [0.3, 0.4) is 0 Å². The smallest absolute Gasteiger partial charge is 0.256 e. The highest BCUT2D eigenvalue weighted by Gasteiger charge is 2.26. The summed E-state index contributed by atoms with van der Waals surface area (Å²) in [6.07, 6.45) is 3.17. The molecule has 0 bridgehead atoms. The second kappa shape index (κ2) is 11.9. The third-order valence-corrected chi connectivity index (χ3v) is 7.59. The lowest BCUT2D eigenvalue weighted by Gasteiger charge is -2.37. The lowest BCUT2D eigenvalue weighted by molar-refractivity contribution is 0.0290. The first-order valence-corrected chi connectivity index (χ1v) is 13.9. The number of rotatable bonds is 8. The maximum absolute atomic E-state index is 13.1. The molecule has 0 saturated carbocycles. The Labute approximate surface area is 230 Å². The van der Waals surface area contributed by atoms with Crippen molar-refractivity contribution in [3.63, 3.8) is 0 Å². The van der Waals surface area contributed by atoms with Gasteiger partial charge in [0, 0.05) is 60.3 Å². The Bertz CT molecular complexity index is 1280. The molecule has 2 aromatic carbocycles. The van der Waals surface area contributed by atoms with Crippen LogP contribution >= 0.6 is 11.6 Å². The molecule has 2 aliphatic rings. The number of fused-ring (bicyclic) bond motifs is 1. The summed E-state index contributed by atoms with van der Waals surface area (Å²) in [6, 6.07) is 14.2. The highest BCUT2D eigenvalue weighted by molar-refractivity contribution is 6.30. The first-order chi connectivity index (χ1) is 18.4. The van der Waals surface area contributed by atoms with Crippen molar-refractivity contribution in [2.24, 2.45) is 5.92 Å². The molecule has 0 unspecified atom stereocenters. The third-order valence-electron chi connectivity index (χ3n) is 7.36. The van der Waals surface area contributed by atoms with E-state index in [0.717, 1.165) is 62.6 Å². The van der Waals surface area contributed by atoms with Gasteiger partial charge in [-0.1, -0.05) is 31.5 Å². The molecule has 1 saturated heterocycles. The molecule has 3 heterocycles. The average Bonchev–Trinajstić information content (AvgIpc) is 3.26. The van der Waals surface area contributed by atoms with Crippen LogP contribution in [0.15, 0.2) is 42.5 Å². The predicted molar refractivity (Wildman–Crippen MR) is 150 cm³/mol. The van der Waals surface area contributed by atoms with Gasteiger partial charge in [0.2, 0.25) is 0 Å². The van der Waals surface area contributed by atoms with Gasteiger partial charge in [-0.2, -0.15) is 5.10 Å². The maximum atomic E-state index is 13.1. The van der Waals surface area contributed by atoms with Gasteiger partial charge in [-0.25, -0.2) is 0 Å². The summed E-state index contributed by atoms with van der Waals surface area (Å²) in [7, 11) is 0. The number of nitrogens with zero attached hydrogens (tertiary/aromatic N) is 3. The minimum atomic E-state index is -0.145. The first kappa shape index (κ1) is 26.7. The Hall–Kier alpha value is -2.87. The Balaban J connectivity index is 1.25. The van der Waals surface area contributed by atoms with Gasteiger partial charge in [0.15, 0.2) is 5.82 Å². The maximum Gasteiger partial charge on any atom is 0.256 e. The molecule has 7 nitrogen and oxygen atoms in total. The van der Waals surface area contributed by atoms with Gasteiger partial charge in [0.05, 0.1) is 13.2 Å². The number of ether oxygens (including phenoxy) is 2. The van der Waals surface area contributed by atoms with Crippen molar-refractivity contribution >= 4 is 23.3 Å². The van der Waals surface area contributed by atoms with Crippen LogP contribution in [0.4, 0.5) is 5.82 Å². The number of carbonyl (C=O) groups excluding carboxylic acids is 1. The van der Waals surface area contributed by atoms with E-state index in [9.17, 15) is 4.79 Å². The molecule has 0 spiro atoms. The lowest BCUT2D eigenvalue weighted by atomic mass is 9.94. The van der Waals surface area contributed by atoms with Crippen LogP contribution in [0.1, 0.15) is 59.4 Å². The fraction of sp³-hybridized carbons (Fsp3) is 0.467. The zero-order valence-corrected chi connectivity index (χ0v) is 23.3. The Kier molecular flexibility index (Phi) is 8.36. The largest absolute Gasteiger partial charge is 0.493 e. The molecule has 1 fully saturated rings. The Morgan fingerprint density at radius 1 is 1.16 bits per heavy atom. The number of amides is 1. The number of nitrogens with one attached hydrogen (secondary N) is 1. The monoisotopic (exact) mass is 536 g/mol. The van der Waals surface area contributed by atoms with E-state index in [2.05, 4.69) is 35.2 Å². The first-order valence-electron chi connectivity index (χ1n) is 13.6. The molecule has 3 aromatic rings. The molecular formula is C30H37ClN4O3. The van der Waals surface area contributed by atoms with Crippen LogP contribution in [-0.2, 0) is 24.2 Å². The standard InChI is InChI=1S/C30H37ClN4O3/c1-20(2)19-38-28-7-6-26(31)16-25(28)18-35-21(3)14-29(33-35)32-30(36)23-4-5-24-17-34(11-8-22(24)15-23)27-9-12-37-13-10-27/h4-7,14-16,20,27H,8-13,17-19H2,1-3H3,(H,32,33,36). The fourth-order valence-electron chi connectivity index (χ4n) is 5.23. The topological polar surface area (TPSA) is 68.6 Å². The normalized spacial score (nSPS) is 16.4. The van der Waals surface area contributed by atoms with E-state index in [0.29, 0.717) is 41.5 Å². The van der Waals surface area contributed by atoms with Crippen LogP contribution in [0, 0.1) is 12.8 Å². The number of hydrogen-bond donors (Lipinski definition) is 1. The Morgan fingerprint density at radius 2 is 1.97 bits per heavy atom. The van der Waals surface area contributed by atoms with E-state index in [1.807, 2.05) is 48.0 Å². The minimum absolute atomic E-state index is 0.145. The second-order valence-corrected chi connectivity index (χ2v) is 11.2. The number of halogens is 1. The zero-order chi connectivity index (χ0) is 26.6. The van der Waals surface area contributed by atoms with Crippen LogP contribution in [0.2, 0.25) is 5.02 Å². The van der Waals surface area contributed by atoms with Gasteiger partial charge >= 0.3 is 0 Å². The highest BCUT2D eigenvalue weighted by atomic mass is 35.5. The summed E-state index contributed by atoms with van der Waals surface area (Å²) >= 11 is 6.28. The number of anilines is 1. The molecule has 2 aliphatic heterocycles. The predicted octanol–water partition coefficient (Wildman–Crippen LogP) is 5.72. The number of hydrogen-bond acceptors (Lipinski definition) is 5. The molecular weight excluding hydrogens is 500 g/mol. The van der Waals surface area contributed by atoms with Gasteiger partial charge in [0.25, 0.3) is 5.91 Å². The number of benzene rings is 2. The van der Waals surface area contributed by atoms with Crippen LogP contribution in [-0.4, -0.2) is 53.0 Å². The van der Waals surface area contributed by atoms with Gasteiger partial charge in [-0.15, -0.1) is 0 Å². The highest BCUT2D eigenvalue weighted by Crippen LogP contribution is 2.27. The van der Waals surface area contributed by atoms with Gasteiger partial charge in [-0.05, 0) is 73.6 Å². The SMILES string of the molecule is Cc1cc(NC(=O)c2ccc3c(c2)CCN(C2CCOCC2)C3)nn1Cc1cc(Cl)ccc1OCC(C)C. The van der Waals surface area contributed by atoms with Crippen molar-refractivity contribution in [3.8, 4) is 5.75 Å². The van der Waals surface area contributed by atoms with Crippen molar-refractivity contribution in [2.75, 3.05) is 31.7 Å². The van der Waals surface area contributed by atoms with E-state index in [1.54, 1.807) is 0 Å². The van der Waals surface area contributed by atoms with Gasteiger partial charge in [-0.3, -0.25) is 14.4 Å². The van der Waals surface area contributed by atoms with Crippen molar-refractivity contribution in [1.82, 2.24) is 14.7 Å². The number of carbonyl (C=O) groups is 1. The molecule has 0 atom stereocenters. The fourth-order valence-corrected chi connectivity index (χ4v) is 5.42. The summed E-state index contributed by atoms with van der Waals surface area (Å²) in [4.78, 5) is 15.7. The van der Waals surface area contributed by atoms with Crippen molar-refractivity contribution in [1.29, 1.82) is 0 Å². The third kappa shape index (κ3) is 6.40. The van der Waals surface area contributed by atoms with Crippen LogP contribution in [0.5, 0.6) is 5.75 Å². The summed E-state index contributed by atoms with van der Waals surface area (Å²) < 4.78 is 13.4. The molecule has 202 valence electrons. The molecule has 1 aromatic heterocycles. The zero-order valence-electron chi connectivity index (χ0n) is 22.5. The summed E-state index contributed by atoms with van der Waals surface area (Å²) in [5.41, 5.74) is 5.13. The molecule has 5 rings (SSSR count). The Morgan fingerprint density at radius 3 is 2.76 bits per heavy atom. The average molecular weight is 537 g/mol. The molecule has 0 radical (unpaired) electrons. The van der Waals surface area contributed by atoms with Gasteiger partial charge < -0.3 is 14.8 Å². The summed E-state index contributed by atoms with van der Waals surface area (Å²) in [5, 5.41) is 8.29. The molecule has 0 aliphatic carbocycles. The molecule has 1 amide bonds. The lowest BCUT2D eigenvalue weighted by Crippen LogP contribution is -2.42. The van der Waals surface area contributed by atoms with Crippen LogP contribution in [0.25, 0.3) is 0 Å². The van der Waals surface area contributed by atoms with Crippen LogP contribution < -0.4 is 10.1 Å². The second-order valence-electron chi connectivity index (χ2n) is 10.8. The number of aromatic nitrogens is 2. The molecule has 1 N–H and O–H groups in total. The summed E-state index contributed by atoms with van der Waals surface area (Å²) in [5.74, 6) is 1.60. The van der Waals surface area contributed by atoms with E-state index >= 15 is 0 Å². The van der Waals surface area contributed by atoms with Gasteiger partial charge in [0.1, 0.15) is 5.75 Å².